The number of rotatable bonds is 1. The van der Waals surface area contributed by atoms with Crippen LogP contribution in [-0.2, 0) is 11.8 Å². The van der Waals surface area contributed by atoms with Gasteiger partial charge in [-0.25, -0.2) is 9.97 Å². The Labute approximate surface area is 84.0 Å². The first-order chi connectivity index (χ1) is 6.77. The lowest BCUT2D eigenvalue weighted by Crippen LogP contribution is -2.21. The van der Waals surface area contributed by atoms with Crippen molar-refractivity contribution in [2.45, 2.75) is 18.7 Å². The minimum absolute atomic E-state index is 0.257. The summed E-state index contributed by atoms with van der Waals surface area (Å²) in [6.07, 6.45) is 1.09. The van der Waals surface area contributed by atoms with E-state index in [0.29, 0.717) is 12.4 Å². The zero-order chi connectivity index (χ0) is 11.7. The molecule has 0 aliphatic carbocycles. The number of aromatic nitrogens is 2. The van der Waals surface area contributed by atoms with Crippen LogP contribution in [0.3, 0.4) is 0 Å². The predicted octanol–water partition coefficient (Wildman–Crippen LogP) is 1.34. The third-order valence-electron chi connectivity index (χ3n) is 1.74. The normalized spacial score (nSPS) is 15.5. The summed E-state index contributed by atoms with van der Waals surface area (Å²) in [4.78, 5) is 6.53. The first kappa shape index (κ1) is 11.5. The zero-order valence-electron chi connectivity index (χ0n) is 7.71. The van der Waals surface area contributed by atoms with E-state index in [1.807, 2.05) is 5.92 Å². The van der Waals surface area contributed by atoms with E-state index < -0.39 is 17.5 Å². The summed E-state index contributed by atoms with van der Waals surface area (Å²) in [5, 5.41) is 9.49. The molecule has 1 heterocycles. The molecule has 0 radical (unpaired) electrons. The average Bonchev–Trinajstić information content (AvgIpc) is 2.17. The van der Waals surface area contributed by atoms with Crippen LogP contribution in [0.1, 0.15) is 18.3 Å². The van der Waals surface area contributed by atoms with E-state index in [4.69, 9.17) is 6.42 Å². The molecule has 0 aliphatic rings. The molecule has 1 N–H and O–H groups in total. The molecule has 6 heteroatoms. The quantitative estimate of drug-likeness (QED) is 0.720. The van der Waals surface area contributed by atoms with Gasteiger partial charge < -0.3 is 5.11 Å². The van der Waals surface area contributed by atoms with E-state index in [1.165, 1.54) is 6.92 Å². The Kier molecular flexibility index (Phi) is 2.69. The van der Waals surface area contributed by atoms with Crippen molar-refractivity contribution in [3.05, 3.63) is 23.8 Å². The lowest BCUT2D eigenvalue weighted by atomic mass is 10.0. The number of terminal acetylenes is 1. The topological polar surface area (TPSA) is 46.0 Å². The van der Waals surface area contributed by atoms with Crippen molar-refractivity contribution in [3.8, 4) is 12.3 Å². The molecule has 0 aromatic carbocycles. The van der Waals surface area contributed by atoms with Gasteiger partial charge in [0.2, 0.25) is 0 Å². The fourth-order valence-electron chi connectivity index (χ4n) is 0.852. The van der Waals surface area contributed by atoms with Crippen LogP contribution in [0.2, 0.25) is 0 Å². The molecule has 0 aliphatic heterocycles. The number of hydrogen-bond acceptors (Lipinski definition) is 3. The summed E-state index contributed by atoms with van der Waals surface area (Å²) in [5.74, 6) is 1.93. The summed E-state index contributed by atoms with van der Waals surface area (Å²) < 4.78 is 36.7. The second-order valence-electron chi connectivity index (χ2n) is 3.00. The van der Waals surface area contributed by atoms with Gasteiger partial charge in [0.25, 0.3) is 0 Å². The summed E-state index contributed by atoms with van der Waals surface area (Å²) in [6, 6.07) is 0.625. The van der Waals surface area contributed by atoms with E-state index in [0.717, 1.165) is 0 Å². The summed E-state index contributed by atoms with van der Waals surface area (Å²) in [5.41, 5.74) is -3.22. The third-order valence-corrected chi connectivity index (χ3v) is 1.74. The van der Waals surface area contributed by atoms with E-state index in [1.54, 1.807) is 0 Å². The number of halogens is 3. The summed E-state index contributed by atoms with van der Waals surface area (Å²) >= 11 is 0. The Morgan fingerprint density at radius 2 is 1.87 bits per heavy atom. The molecule has 15 heavy (non-hydrogen) atoms. The molecule has 0 bridgehead atoms. The number of nitrogens with zero attached hydrogens (tertiary/aromatic N) is 2. The van der Waals surface area contributed by atoms with E-state index in [2.05, 4.69) is 9.97 Å². The van der Waals surface area contributed by atoms with Crippen molar-refractivity contribution in [1.29, 1.82) is 0 Å². The van der Waals surface area contributed by atoms with Crippen molar-refractivity contribution in [1.82, 2.24) is 9.97 Å². The Morgan fingerprint density at radius 3 is 2.33 bits per heavy atom. The third kappa shape index (κ3) is 2.44. The van der Waals surface area contributed by atoms with E-state index in [-0.39, 0.29) is 5.69 Å². The number of aliphatic hydroxyl groups is 1. The molecule has 1 aromatic rings. The van der Waals surface area contributed by atoms with Crippen molar-refractivity contribution in [3.63, 3.8) is 0 Å². The highest BCUT2D eigenvalue weighted by atomic mass is 19.4. The van der Waals surface area contributed by atoms with Gasteiger partial charge in [-0.2, -0.15) is 13.2 Å². The smallest absolute Gasteiger partial charge is 0.372 e. The van der Waals surface area contributed by atoms with Crippen LogP contribution in [0.4, 0.5) is 13.2 Å². The minimum Gasteiger partial charge on any atom is -0.372 e. The summed E-state index contributed by atoms with van der Waals surface area (Å²) in [6.45, 7) is 1.18. The van der Waals surface area contributed by atoms with Gasteiger partial charge in [-0.15, -0.1) is 6.42 Å². The van der Waals surface area contributed by atoms with Gasteiger partial charge in [-0.1, -0.05) is 5.92 Å². The molecule has 0 fully saturated rings. The van der Waals surface area contributed by atoms with Crippen molar-refractivity contribution >= 4 is 0 Å². The lowest BCUT2D eigenvalue weighted by molar-refractivity contribution is -0.141. The fourth-order valence-corrected chi connectivity index (χ4v) is 0.852. The molecule has 0 saturated carbocycles. The standard InChI is InChI=1S/C9H7F3N2O/c1-3-8(2,15)6-4-7(9(10,11)12)14-5-13-6/h1,4-5,15H,2H3/t8-/m1/s1. The molecule has 0 amide bonds. The fraction of sp³-hybridized carbons (Fsp3) is 0.333. The van der Waals surface area contributed by atoms with Crippen LogP contribution < -0.4 is 0 Å². The van der Waals surface area contributed by atoms with Gasteiger partial charge >= 0.3 is 6.18 Å². The second kappa shape index (κ2) is 3.51. The van der Waals surface area contributed by atoms with Crippen LogP contribution in [0.15, 0.2) is 12.4 Å². The van der Waals surface area contributed by atoms with Gasteiger partial charge in [-0.05, 0) is 13.0 Å². The lowest BCUT2D eigenvalue weighted by Gasteiger charge is -2.16. The molecule has 0 spiro atoms. The highest BCUT2D eigenvalue weighted by Gasteiger charge is 2.34. The van der Waals surface area contributed by atoms with Gasteiger partial charge in [0.15, 0.2) is 5.60 Å². The molecule has 1 rings (SSSR count). The molecule has 3 nitrogen and oxygen atoms in total. The monoisotopic (exact) mass is 216 g/mol. The molecule has 0 unspecified atom stereocenters. The van der Waals surface area contributed by atoms with Gasteiger partial charge in [0.05, 0.1) is 5.69 Å². The second-order valence-corrected chi connectivity index (χ2v) is 3.00. The van der Waals surface area contributed by atoms with Crippen molar-refractivity contribution in [2.75, 3.05) is 0 Å². The minimum atomic E-state index is -4.58. The van der Waals surface area contributed by atoms with Crippen LogP contribution in [0, 0.1) is 12.3 Å². The summed E-state index contributed by atoms with van der Waals surface area (Å²) in [7, 11) is 0. The van der Waals surface area contributed by atoms with Crippen LogP contribution in [0.25, 0.3) is 0 Å². The van der Waals surface area contributed by atoms with Crippen molar-refractivity contribution < 1.29 is 18.3 Å². The molecular formula is C9H7F3N2O. The highest BCUT2D eigenvalue weighted by Crippen LogP contribution is 2.29. The first-order valence-corrected chi connectivity index (χ1v) is 3.87. The largest absolute Gasteiger partial charge is 0.433 e. The molecule has 1 aromatic heterocycles. The molecule has 80 valence electrons. The van der Waals surface area contributed by atoms with Crippen LogP contribution >= 0.6 is 0 Å². The first-order valence-electron chi connectivity index (χ1n) is 3.87. The highest BCUT2D eigenvalue weighted by molar-refractivity contribution is 5.24. The SMILES string of the molecule is C#C[C@@](C)(O)c1cc(C(F)(F)F)ncn1. The Balaban J connectivity index is 3.22. The Morgan fingerprint density at radius 1 is 1.33 bits per heavy atom. The number of alkyl halides is 3. The van der Waals surface area contributed by atoms with Gasteiger partial charge in [-0.3, -0.25) is 0 Å². The van der Waals surface area contributed by atoms with Crippen LogP contribution in [0.5, 0.6) is 0 Å². The maximum Gasteiger partial charge on any atom is 0.433 e. The number of hydrogen-bond donors (Lipinski definition) is 1. The zero-order valence-corrected chi connectivity index (χ0v) is 7.71. The molecule has 1 atom stereocenters. The molecule has 0 saturated heterocycles. The average molecular weight is 216 g/mol. The van der Waals surface area contributed by atoms with E-state index >= 15 is 0 Å². The predicted molar refractivity (Wildman–Crippen MR) is 45.4 cm³/mol. The van der Waals surface area contributed by atoms with Gasteiger partial charge in [0.1, 0.15) is 12.0 Å². The maximum atomic E-state index is 12.2. The van der Waals surface area contributed by atoms with Crippen molar-refractivity contribution in [2.24, 2.45) is 0 Å². The van der Waals surface area contributed by atoms with Crippen LogP contribution in [-0.4, -0.2) is 15.1 Å². The molecular weight excluding hydrogens is 209 g/mol. The maximum absolute atomic E-state index is 12.2. The Bertz CT molecular complexity index is 407. The Hall–Kier alpha value is -1.61. The van der Waals surface area contributed by atoms with E-state index in [9.17, 15) is 18.3 Å². The van der Waals surface area contributed by atoms with Gasteiger partial charge in [0, 0.05) is 0 Å².